The molecule has 1 aromatic carbocycles. The Hall–Kier alpha value is -0.870. The Labute approximate surface area is 90.6 Å². The second kappa shape index (κ2) is 3.71. The van der Waals surface area contributed by atoms with Crippen molar-refractivity contribution < 1.29 is 4.42 Å². The minimum absolute atomic E-state index is 0.150. The van der Waals surface area contributed by atoms with Crippen LogP contribution in [0.2, 0.25) is 0 Å². The lowest BCUT2D eigenvalue weighted by molar-refractivity contribution is 0.560. The highest BCUT2D eigenvalue weighted by molar-refractivity contribution is 9.09. The van der Waals surface area contributed by atoms with Gasteiger partial charge in [0.25, 0.3) is 0 Å². The normalized spacial score (nSPS) is 13.4. The van der Waals surface area contributed by atoms with Crippen LogP contribution in [0.25, 0.3) is 11.1 Å². The average molecular weight is 255 g/mol. The molecular formula is C10H11BrN2O. The van der Waals surface area contributed by atoms with Crippen LogP contribution in [-0.2, 0) is 0 Å². The van der Waals surface area contributed by atoms with Gasteiger partial charge in [0.15, 0.2) is 11.5 Å². The van der Waals surface area contributed by atoms with E-state index in [9.17, 15) is 0 Å². The molecule has 74 valence electrons. The van der Waals surface area contributed by atoms with Crippen LogP contribution in [0.3, 0.4) is 0 Å². The maximum absolute atomic E-state index is 5.44. The van der Waals surface area contributed by atoms with Gasteiger partial charge in [-0.2, -0.15) is 0 Å². The zero-order chi connectivity index (χ0) is 10.1. The largest absolute Gasteiger partial charge is 0.441 e. The molecule has 2 aromatic rings. The van der Waals surface area contributed by atoms with Crippen LogP contribution in [0.5, 0.6) is 0 Å². The lowest BCUT2D eigenvalue weighted by Crippen LogP contribution is -2.08. The summed E-state index contributed by atoms with van der Waals surface area (Å²) < 4.78 is 5.44. The second-order valence-electron chi connectivity index (χ2n) is 3.11. The number of aromatic nitrogens is 1. The van der Waals surface area contributed by atoms with Crippen molar-refractivity contribution in [3.8, 4) is 0 Å². The molecule has 1 heterocycles. The topological polar surface area (TPSA) is 38.1 Å². The first-order valence-electron chi connectivity index (χ1n) is 4.39. The van der Waals surface area contributed by atoms with E-state index in [0.29, 0.717) is 5.89 Å². The quantitative estimate of drug-likeness (QED) is 0.662. The zero-order valence-corrected chi connectivity index (χ0v) is 9.63. The van der Waals surface area contributed by atoms with Crippen molar-refractivity contribution in [2.75, 3.05) is 7.05 Å². The van der Waals surface area contributed by atoms with Gasteiger partial charge in [0, 0.05) is 6.92 Å². The fourth-order valence-corrected chi connectivity index (χ4v) is 1.67. The number of benzene rings is 1. The van der Waals surface area contributed by atoms with Crippen molar-refractivity contribution in [2.24, 2.45) is 0 Å². The van der Waals surface area contributed by atoms with Crippen LogP contribution in [0.15, 0.2) is 22.6 Å². The first kappa shape index (κ1) is 9.68. The van der Waals surface area contributed by atoms with Gasteiger partial charge in [0.2, 0.25) is 0 Å². The Morgan fingerprint density at radius 1 is 1.50 bits per heavy atom. The average Bonchev–Trinajstić information content (AvgIpc) is 2.55. The molecule has 0 spiro atoms. The molecule has 0 fully saturated rings. The van der Waals surface area contributed by atoms with Crippen LogP contribution < -0.4 is 5.32 Å². The molecule has 2 rings (SSSR count). The number of alkyl halides is 1. The Bertz CT molecular complexity index is 452. The minimum Gasteiger partial charge on any atom is -0.441 e. The van der Waals surface area contributed by atoms with Crippen molar-refractivity contribution in [3.63, 3.8) is 0 Å². The minimum atomic E-state index is 0.150. The molecule has 4 heteroatoms. The van der Waals surface area contributed by atoms with E-state index >= 15 is 0 Å². The Kier molecular flexibility index (Phi) is 2.56. The fourth-order valence-electron chi connectivity index (χ4n) is 1.38. The van der Waals surface area contributed by atoms with E-state index in [-0.39, 0.29) is 4.95 Å². The number of oxazole rings is 1. The first-order chi connectivity index (χ1) is 6.70. The Morgan fingerprint density at radius 3 is 3.00 bits per heavy atom. The predicted molar refractivity (Wildman–Crippen MR) is 59.5 cm³/mol. The maximum atomic E-state index is 5.44. The van der Waals surface area contributed by atoms with Crippen molar-refractivity contribution in [1.29, 1.82) is 0 Å². The van der Waals surface area contributed by atoms with E-state index in [0.717, 1.165) is 16.7 Å². The highest BCUT2D eigenvalue weighted by Gasteiger charge is 2.07. The smallest absolute Gasteiger partial charge is 0.192 e. The Morgan fingerprint density at radius 2 is 2.29 bits per heavy atom. The lowest BCUT2D eigenvalue weighted by Gasteiger charge is -2.07. The van der Waals surface area contributed by atoms with E-state index in [2.05, 4.69) is 26.2 Å². The monoisotopic (exact) mass is 254 g/mol. The molecule has 0 amide bonds. The maximum Gasteiger partial charge on any atom is 0.192 e. The van der Waals surface area contributed by atoms with E-state index in [1.54, 1.807) is 0 Å². The summed E-state index contributed by atoms with van der Waals surface area (Å²) in [5.74, 6) is 0.702. The molecule has 0 radical (unpaired) electrons. The van der Waals surface area contributed by atoms with Gasteiger partial charge in [-0.1, -0.05) is 22.0 Å². The van der Waals surface area contributed by atoms with Gasteiger partial charge < -0.3 is 9.73 Å². The molecule has 0 aliphatic heterocycles. The van der Waals surface area contributed by atoms with Gasteiger partial charge in [-0.15, -0.1) is 0 Å². The van der Waals surface area contributed by atoms with Crippen LogP contribution in [0.4, 0.5) is 0 Å². The van der Waals surface area contributed by atoms with Gasteiger partial charge in [-0.3, -0.25) is 0 Å². The third-order valence-corrected chi connectivity index (χ3v) is 3.05. The van der Waals surface area contributed by atoms with Gasteiger partial charge >= 0.3 is 0 Å². The lowest BCUT2D eigenvalue weighted by atomic mass is 10.2. The first-order valence-corrected chi connectivity index (χ1v) is 5.30. The number of nitrogens with zero attached hydrogens (tertiary/aromatic N) is 1. The summed E-state index contributed by atoms with van der Waals surface area (Å²) >= 11 is 3.50. The standard InChI is InChI=1S/C10H11BrN2O/c1-6-13-8-4-3-7(10(11)12-2)5-9(8)14-6/h3-5,10,12H,1-2H3. The van der Waals surface area contributed by atoms with Crippen LogP contribution in [-0.4, -0.2) is 12.0 Å². The highest BCUT2D eigenvalue weighted by atomic mass is 79.9. The second-order valence-corrected chi connectivity index (χ2v) is 4.03. The number of fused-ring (bicyclic) bond motifs is 1. The molecule has 0 saturated heterocycles. The molecule has 0 saturated carbocycles. The molecule has 0 aliphatic rings. The van der Waals surface area contributed by atoms with Crippen molar-refractivity contribution in [3.05, 3.63) is 29.7 Å². The molecule has 1 N–H and O–H groups in total. The number of rotatable bonds is 2. The highest BCUT2D eigenvalue weighted by Crippen LogP contribution is 2.24. The molecule has 14 heavy (non-hydrogen) atoms. The molecular weight excluding hydrogens is 244 g/mol. The molecule has 0 bridgehead atoms. The summed E-state index contributed by atoms with van der Waals surface area (Å²) in [4.78, 5) is 4.39. The summed E-state index contributed by atoms with van der Waals surface area (Å²) in [5, 5.41) is 3.11. The van der Waals surface area contributed by atoms with E-state index in [4.69, 9.17) is 4.42 Å². The third kappa shape index (κ3) is 1.67. The van der Waals surface area contributed by atoms with E-state index in [1.165, 1.54) is 0 Å². The van der Waals surface area contributed by atoms with Crippen molar-refractivity contribution in [1.82, 2.24) is 10.3 Å². The number of hydrogen-bond acceptors (Lipinski definition) is 3. The molecule has 1 atom stereocenters. The zero-order valence-electron chi connectivity index (χ0n) is 8.04. The van der Waals surface area contributed by atoms with Crippen LogP contribution >= 0.6 is 15.9 Å². The number of halogens is 1. The molecule has 1 unspecified atom stereocenters. The summed E-state index contributed by atoms with van der Waals surface area (Å²) in [5.41, 5.74) is 2.87. The van der Waals surface area contributed by atoms with E-state index < -0.39 is 0 Å². The summed E-state index contributed by atoms with van der Waals surface area (Å²) in [6.07, 6.45) is 0. The summed E-state index contributed by atoms with van der Waals surface area (Å²) in [7, 11) is 1.90. The Balaban J connectivity index is 2.50. The molecule has 3 nitrogen and oxygen atoms in total. The SMILES string of the molecule is CNC(Br)c1ccc2nc(C)oc2c1. The van der Waals surface area contributed by atoms with Gasteiger partial charge in [0.05, 0.1) is 4.95 Å². The van der Waals surface area contributed by atoms with Crippen molar-refractivity contribution in [2.45, 2.75) is 11.9 Å². The molecule has 1 aromatic heterocycles. The van der Waals surface area contributed by atoms with Crippen LogP contribution in [0.1, 0.15) is 16.4 Å². The predicted octanol–water partition coefficient (Wildman–Crippen LogP) is 2.75. The summed E-state index contributed by atoms with van der Waals surface area (Å²) in [6.45, 7) is 1.85. The number of nitrogens with one attached hydrogen (secondary N) is 1. The third-order valence-electron chi connectivity index (χ3n) is 2.07. The summed E-state index contributed by atoms with van der Waals surface area (Å²) in [6, 6.07) is 5.98. The van der Waals surface area contributed by atoms with Gasteiger partial charge in [-0.05, 0) is 24.7 Å². The number of hydrogen-bond donors (Lipinski definition) is 1. The van der Waals surface area contributed by atoms with Crippen LogP contribution in [0, 0.1) is 6.92 Å². The van der Waals surface area contributed by atoms with Gasteiger partial charge in [-0.25, -0.2) is 4.98 Å². The van der Waals surface area contributed by atoms with Crippen molar-refractivity contribution >= 4 is 27.0 Å². The fraction of sp³-hybridized carbons (Fsp3) is 0.300. The van der Waals surface area contributed by atoms with Gasteiger partial charge in [0.1, 0.15) is 5.52 Å². The molecule has 0 aliphatic carbocycles. The van der Waals surface area contributed by atoms with E-state index in [1.807, 2.05) is 32.2 Å². The number of aryl methyl sites for hydroxylation is 1.